The van der Waals surface area contributed by atoms with Gasteiger partial charge >= 0.3 is 0 Å². The van der Waals surface area contributed by atoms with E-state index in [1.54, 1.807) is 23.7 Å². The van der Waals surface area contributed by atoms with Crippen molar-refractivity contribution in [3.8, 4) is 22.2 Å². The van der Waals surface area contributed by atoms with Gasteiger partial charge < -0.3 is 13.3 Å². The lowest BCUT2D eigenvalue weighted by Gasteiger charge is -2.01. The summed E-state index contributed by atoms with van der Waals surface area (Å²) < 4.78 is 16.6. The molecule has 1 atom stereocenters. The summed E-state index contributed by atoms with van der Waals surface area (Å²) in [5.74, 6) is 2.21. The van der Waals surface area contributed by atoms with E-state index in [1.807, 2.05) is 31.4 Å². The number of aryl methyl sites for hydroxylation is 1. The molecule has 0 N–H and O–H groups in total. The highest BCUT2D eigenvalue weighted by Gasteiger charge is 2.20. The first-order valence-electron chi connectivity index (χ1n) is 7.12. The van der Waals surface area contributed by atoms with Gasteiger partial charge in [-0.15, -0.1) is 31.7 Å². The second-order valence-corrected chi connectivity index (χ2v) is 7.19. The van der Waals surface area contributed by atoms with Crippen LogP contribution in [-0.2, 0) is 0 Å². The molecule has 0 saturated carbocycles. The second kappa shape index (κ2) is 6.25. The average Bonchev–Trinajstić information content (AvgIpc) is 3.34. The normalized spacial score (nSPS) is 12.6. The molecule has 4 aromatic rings. The Hall–Kier alpha value is -2.39. The fourth-order valence-corrected chi connectivity index (χ4v) is 3.43. The van der Waals surface area contributed by atoms with Gasteiger partial charge in [-0.1, -0.05) is 17.8 Å². The van der Waals surface area contributed by atoms with Crippen LogP contribution in [0.4, 0.5) is 0 Å². The lowest BCUT2D eigenvalue weighted by Crippen LogP contribution is -1.88. The van der Waals surface area contributed by atoms with Gasteiger partial charge in [0.15, 0.2) is 0 Å². The number of hydrogen-bond acceptors (Lipinski definition) is 9. The summed E-state index contributed by atoms with van der Waals surface area (Å²) in [6, 6.07) is 5.68. The smallest absolute Gasteiger partial charge is 0.277 e. The van der Waals surface area contributed by atoms with Crippen molar-refractivity contribution in [2.75, 3.05) is 0 Å². The Morgan fingerprint density at radius 2 is 1.96 bits per heavy atom. The fraction of sp³-hybridized carbons (Fsp3) is 0.200. The Kier molecular flexibility index (Phi) is 3.95. The molecule has 7 nitrogen and oxygen atoms in total. The Morgan fingerprint density at radius 1 is 1.08 bits per heavy atom. The summed E-state index contributed by atoms with van der Waals surface area (Å²) in [7, 11) is 0. The van der Waals surface area contributed by atoms with Crippen molar-refractivity contribution in [2.24, 2.45) is 0 Å². The van der Waals surface area contributed by atoms with E-state index in [0.717, 1.165) is 16.2 Å². The van der Waals surface area contributed by atoms with E-state index < -0.39 is 0 Å². The van der Waals surface area contributed by atoms with Gasteiger partial charge in [-0.05, 0) is 31.4 Å². The largest absolute Gasteiger partial charge is 0.469 e. The molecule has 4 aromatic heterocycles. The van der Waals surface area contributed by atoms with E-state index in [9.17, 15) is 0 Å². The standard InChI is InChI=1S/C15H12N4O3S2/c1-8-10(5-6-20-8)13-17-19-15(22-13)24-9(2)12-16-18-14(21-12)11-4-3-7-23-11/h3-7,9H,1-2H3. The van der Waals surface area contributed by atoms with Crippen molar-refractivity contribution in [3.63, 3.8) is 0 Å². The molecule has 122 valence electrons. The van der Waals surface area contributed by atoms with Crippen molar-refractivity contribution in [3.05, 3.63) is 41.5 Å². The molecule has 0 aromatic carbocycles. The molecule has 0 aliphatic heterocycles. The van der Waals surface area contributed by atoms with Crippen LogP contribution < -0.4 is 0 Å². The van der Waals surface area contributed by atoms with E-state index in [0.29, 0.717) is 22.9 Å². The third-order valence-electron chi connectivity index (χ3n) is 3.29. The summed E-state index contributed by atoms with van der Waals surface area (Å²) in [4.78, 5) is 0.946. The number of thiophene rings is 1. The highest BCUT2D eigenvalue weighted by Crippen LogP contribution is 2.36. The van der Waals surface area contributed by atoms with Gasteiger partial charge in [0.05, 0.1) is 22.0 Å². The van der Waals surface area contributed by atoms with Crippen molar-refractivity contribution in [2.45, 2.75) is 24.3 Å². The Balaban J connectivity index is 1.49. The van der Waals surface area contributed by atoms with E-state index in [2.05, 4.69) is 20.4 Å². The molecule has 24 heavy (non-hydrogen) atoms. The zero-order chi connectivity index (χ0) is 16.5. The van der Waals surface area contributed by atoms with Crippen molar-refractivity contribution < 1.29 is 13.3 Å². The summed E-state index contributed by atoms with van der Waals surface area (Å²) in [6.45, 7) is 3.79. The zero-order valence-corrected chi connectivity index (χ0v) is 14.4. The van der Waals surface area contributed by atoms with Gasteiger partial charge in [0, 0.05) is 0 Å². The van der Waals surface area contributed by atoms with Gasteiger partial charge in [0.1, 0.15) is 5.76 Å². The van der Waals surface area contributed by atoms with Crippen LogP contribution in [0.5, 0.6) is 0 Å². The molecule has 0 fully saturated rings. The third-order valence-corrected chi connectivity index (χ3v) is 5.07. The van der Waals surface area contributed by atoms with E-state index in [1.165, 1.54) is 11.8 Å². The van der Waals surface area contributed by atoms with Gasteiger partial charge in [-0.25, -0.2) is 0 Å². The van der Waals surface area contributed by atoms with Gasteiger partial charge in [-0.3, -0.25) is 0 Å². The molecule has 0 radical (unpaired) electrons. The second-order valence-electron chi connectivity index (χ2n) is 4.95. The summed E-state index contributed by atoms with van der Waals surface area (Å²) in [5, 5.41) is 18.6. The molecule has 0 saturated heterocycles. The number of hydrogen-bond donors (Lipinski definition) is 0. The molecule has 0 aliphatic rings. The van der Waals surface area contributed by atoms with Crippen LogP contribution in [0.1, 0.15) is 23.8 Å². The van der Waals surface area contributed by atoms with E-state index in [4.69, 9.17) is 13.3 Å². The van der Waals surface area contributed by atoms with E-state index >= 15 is 0 Å². The van der Waals surface area contributed by atoms with Crippen LogP contribution in [0.15, 0.2) is 48.3 Å². The number of furan rings is 1. The number of aromatic nitrogens is 4. The zero-order valence-electron chi connectivity index (χ0n) is 12.8. The minimum atomic E-state index is -0.107. The van der Waals surface area contributed by atoms with Crippen LogP contribution in [0.2, 0.25) is 0 Å². The molecular formula is C15H12N4O3S2. The van der Waals surface area contributed by atoms with Crippen LogP contribution in [0.3, 0.4) is 0 Å². The lowest BCUT2D eigenvalue weighted by molar-refractivity contribution is 0.459. The molecule has 0 aliphatic carbocycles. The van der Waals surface area contributed by atoms with Crippen LogP contribution >= 0.6 is 23.1 Å². The average molecular weight is 360 g/mol. The molecule has 0 amide bonds. The number of nitrogens with zero attached hydrogens (tertiary/aromatic N) is 4. The van der Waals surface area contributed by atoms with Crippen molar-refractivity contribution >= 4 is 23.1 Å². The van der Waals surface area contributed by atoms with Gasteiger partial charge in [0.2, 0.25) is 5.89 Å². The summed E-state index contributed by atoms with van der Waals surface area (Å²) in [5.41, 5.74) is 0.791. The minimum absolute atomic E-state index is 0.107. The van der Waals surface area contributed by atoms with E-state index in [-0.39, 0.29) is 5.25 Å². The molecule has 0 bridgehead atoms. The molecule has 0 spiro atoms. The predicted octanol–water partition coefficient (Wildman–Crippen LogP) is 4.60. The number of thioether (sulfide) groups is 1. The van der Waals surface area contributed by atoms with Gasteiger partial charge in [-0.2, -0.15) is 0 Å². The van der Waals surface area contributed by atoms with Crippen molar-refractivity contribution in [1.29, 1.82) is 0 Å². The first-order valence-corrected chi connectivity index (χ1v) is 8.88. The van der Waals surface area contributed by atoms with Crippen LogP contribution in [0, 0.1) is 6.92 Å². The summed E-state index contributed by atoms with van der Waals surface area (Å²) in [6.07, 6.45) is 1.59. The SMILES string of the molecule is Cc1occc1-c1nnc(SC(C)c2nnc(-c3cccs3)o2)o1. The van der Waals surface area contributed by atoms with Crippen LogP contribution in [-0.4, -0.2) is 20.4 Å². The maximum absolute atomic E-state index is 5.72. The molecule has 1 unspecified atom stereocenters. The Bertz CT molecular complexity index is 942. The van der Waals surface area contributed by atoms with Gasteiger partial charge in [0.25, 0.3) is 17.0 Å². The minimum Gasteiger partial charge on any atom is -0.469 e. The lowest BCUT2D eigenvalue weighted by atomic mass is 10.3. The maximum atomic E-state index is 5.72. The topological polar surface area (TPSA) is 91.0 Å². The maximum Gasteiger partial charge on any atom is 0.277 e. The first-order chi connectivity index (χ1) is 11.7. The van der Waals surface area contributed by atoms with Crippen LogP contribution in [0.25, 0.3) is 22.2 Å². The Morgan fingerprint density at radius 3 is 2.71 bits per heavy atom. The highest BCUT2D eigenvalue weighted by atomic mass is 32.2. The highest BCUT2D eigenvalue weighted by molar-refractivity contribution is 7.99. The molecular weight excluding hydrogens is 348 g/mol. The molecule has 4 heterocycles. The van der Waals surface area contributed by atoms with Crippen molar-refractivity contribution in [1.82, 2.24) is 20.4 Å². The quantitative estimate of drug-likeness (QED) is 0.477. The Labute approximate surface area is 145 Å². The number of rotatable bonds is 5. The fourth-order valence-electron chi connectivity index (χ4n) is 2.07. The molecule has 4 rings (SSSR count). The predicted molar refractivity (Wildman–Crippen MR) is 88.6 cm³/mol. The summed E-state index contributed by atoms with van der Waals surface area (Å²) >= 11 is 2.92. The third kappa shape index (κ3) is 2.87. The molecule has 9 heteroatoms. The first kappa shape index (κ1) is 15.2. The monoisotopic (exact) mass is 360 g/mol.